The summed E-state index contributed by atoms with van der Waals surface area (Å²) >= 11 is 12.1. The van der Waals surface area contributed by atoms with Crippen LogP contribution in [-0.4, -0.2) is 35.1 Å². The van der Waals surface area contributed by atoms with Gasteiger partial charge in [-0.15, -0.1) is 6.42 Å². The Balaban J connectivity index is 2.20. The van der Waals surface area contributed by atoms with Crippen LogP contribution in [0.1, 0.15) is 19.3 Å². The zero-order valence-electron chi connectivity index (χ0n) is 12.2. The molecule has 23 heavy (non-hydrogen) atoms. The Morgan fingerprint density at radius 1 is 1.43 bits per heavy atom. The van der Waals surface area contributed by atoms with Gasteiger partial charge in [-0.3, -0.25) is 10.3 Å². The zero-order chi connectivity index (χ0) is 16.8. The van der Waals surface area contributed by atoms with Crippen molar-refractivity contribution < 1.29 is 14.6 Å². The number of likely N-dealkylation sites (tertiary alicyclic amines) is 1. The molecule has 0 aliphatic carbocycles. The van der Waals surface area contributed by atoms with Crippen molar-refractivity contribution in [1.29, 1.82) is 0 Å². The number of nitrogens with zero attached hydrogens (tertiary/aromatic N) is 2. The number of terminal acetylenes is 1. The van der Waals surface area contributed by atoms with Gasteiger partial charge in [0, 0.05) is 19.0 Å². The Morgan fingerprint density at radius 2 is 2.22 bits per heavy atom. The van der Waals surface area contributed by atoms with E-state index in [1.54, 1.807) is 6.07 Å². The third kappa shape index (κ3) is 4.44. The van der Waals surface area contributed by atoms with Gasteiger partial charge in [0.15, 0.2) is 0 Å². The number of amidine groups is 1. The van der Waals surface area contributed by atoms with Crippen molar-refractivity contribution in [3.8, 4) is 18.1 Å². The molecule has 1 amide bonds. The summed E-state index contributed by atoms with van der Waals surface area (Å²) in [5, 5.41) is 14.0. The Hall–Kier alpha value is -2.10. The minimum atomic E-state index is -1.02. The molecule has 1 aliphatic heterocycles. The quantitative estimate of drug-likeness (QED) is 0.634. The molecule has 1 fully saturated rings. The smallest absolute Gasteiger partial charge is 0.412 e. The molecule has 0 radical (unpaired) electrons. The van der Waals surface area contributed by atoms with Crippen molar-refractivity contribution in [3.63, 3.8) is 0 Å². The molecule has 0 unspecified atom stereocenters. The third-order valence-electron chi connectivity index (χ3n) is 3.21. The largest absolute Gasteiger partial charge is 0.479 e. The molecule has 6 nitrogen and oxygen atoms in total. The van der Waals surface area contributed by atoms with Gasteiger partial charge in [0.25, 0.3) is 0 Å². The topological polar surface area (TPSA) is 74.2 Å². The molecule has 1 saturated heterocycles. The second-order valence-electron chi connectivity index (χ2n) is 4.79. The van der Waals surface area contributed by atoms with Crippen LogP contribution in [0.15, 0.2) is 17.2 Å². The maximum Gasteiger partial charge on any atom is 0.412 e. The fourth-order valence-electron chi connectivity index (χ4n) is 2.11. The van der Waals surface area contributed by atoms with E-state index in [0.717, 1.165) is 12.8 Å². The lowest BCUT2D eigenvalue weighted by molar-refractivity contribution is 0.165. The second kappa shape index (κ2) is 7.95. The van der Waals surface area contributed by atoms with Gasteiger partial charge in [0.2, 0.25) is 0 Å². The summed E-state index contributed by atoms with van der Waals surface area (Å²) < 4.78 is 5.31. The highest BCUT2D eigenvalue weighted by atomic mass is 35.5. The standard InChI is InChI=1S/C15H15Cl2N3O3/c1-2-7-23-13-9-12(10(16)8-11(13)17)18-19-14-5-3-4-6-20(14)15(21)22/h1,8-9,18H,3-7H2,(H,21,22)/b19-14-. The van der Waals surface area contributed by atoms with E-state index < -0.39 is 6.09 Å². The lowest BCUT2D eigenvalue weighted by Crippen LogP contribution is -2.39. The Morgan fingerprint density at radius 3 is 2.91 bits per heavy atom. The summed E-state index contributed by atoms with van der Waals surface area (Å²) in [6.07, 6.45) is 6.40. The van der Waals surface area contributed by atoms with Crippen LogP contribution in [0.25, 0.3) is 0 Å². The van der Waals surface area contributed by atoms with Crippen molar-refractivity contribution in [2.45, 2.75) is 19.3 Å². The highest BCUT2D eigenvalue weighted by Gasteiger charge is 2.22. The molecular weight excluding hydrogens is 341 g/mol. The highest BCUT2D eigenvalue weighted by Crippen LogP contribution is 2.34. The maximum atomic E-state index is 11.2. The van der Waals surface area contributed by atoms with E-state index in [-0.39, 0.29) is 6.61 Å². The van der Waals surface area contributed by atoms with Gasteiger partial charge in [0.05, 0.1) is 15.7 Å². The summed E-state index contributed by atoms with van der Waals surface area (Å²) in [5.74, 6) is 3.16. The van der Waals surface area contributed by atoms with Crippen molar-refractivity contribution in [2.75, 3.05) is 18.6 Å². The van der Waals surface area contributed by atoms with E-state index >= 15 is 0 Å². The normalized spacial score (nSPS) is 16.0. The number of hydrogen-bond donors (Lipinski definition) is 2. The van der Waals surface area contributed by atoms with Crippen molar-refractivity contribution in [2.24, 2.45) is 5.10 Å². The number of halogens is 2. The Bertz CT molecular complexity index is 671. The molecule has 1 aromatic carbocycles. The van der Waals surface area contributed by atoms with Gasteiger partial charge in [-0.25, -0.2) is 4.79 Å². The molecule has 0 atom stereocenters. The molecule has 0 aromatic heterocycles. The first-order valence-electron chi connectivity index (χ1n) is 6.91. The fourth-order valence-corrected chi connectivity index (χ4v) is 2.59. The van der Waals surface area contributed by atoms with Gasteiger partial charge in [-0.05, 0) is 18.9 Å². The Kier molecular flexibility index (Phi) is 5.97. The predicted molar refractivity (Wildman–Crippen MR) is 90.4 cm³/mol. The number of nitrogens with one attached hydrogen (secondary N) is 1. The van der Waals surface area contributed by atoms with Gasteiger partial charge >= 0.3 is 6.09 Å². The number of piperidine rings is 1. The monoisotopic (exact) mass is 355 g/mol. The van der Waals surface area contributed by atoms with Crippen LogP contribution in [-0.2, 0) is 0 Å². The van der Waals surface area contributed by atoms with Crippen LogP contribution in [0.2, 0.25) is 10.0 Å². The van der Waals surface area contributed by atoms with E-state index in [4.69, 9.17) is 34.4 Å². The van der Waals surface area contributed by atoms with E-state index in [2.05, 4.69) is 16.4 Å². The van der Waals surface area contributed by atoms with E-state index in [9.17, 15) is 9.90 Å². The number of hydrazone groups is 1. The van der Waals surface area contributed by atoms with E-state index in [0.29, 0.717) is 40.3 Å². The number of carbonyl (C=O) groups is 1. The highest BCUT2D eigenvalue weighted by molar-refractivity contribution is 6.37. The summed E-state index contributed by atoms with van der Waals surface area (Å²) in [7, 11) is 0. The molecule has 1 aromatic rings. The second-order valence-corrected chi connectivity index (χ2v) is 5.60. The molecule has 2 rings (SSSR count). The number of hydrogen-bond acceptors (Lipinski definition) is 4. The molecule has 1 heterocycles. The Labute approximate surface area is 144 Å². The van der Waals surface area contributed by atoms with Crippen LogP contribution >= 0.6 is 23.2 Å². The van der Waals surface area contributed by atoms with Crippen LogP contribution in [0.4, 0.5) is 10.5 Å². The van der Waals surface area contributed by atoms with Gasteiger partial charge in [0.1, 0.15) is 18.2 Å². The fraction of sp³-hybridized carbons (Fsp3) is 0.333. The van der Waals surface area contributed by atoms with Gasteiger partial charge in [-0.2, -0.15) is 5.10 Å². The van der Waals surface area contributed by atoms with Crippen molar-refractivity contribution in [1.82, 2.24) is 4.90 Å². The summed E-state index contributed by atoms with van der Waals surface area (Å²) in [4.78, 5) is 12.4. The number of ether oxygens (including phenoxy) is 1. The van der Waals surface area contributed by atoms with E-state index in [1.807, 2.05) is 0 Å². The lowest BCUT2D eigenvalue weighted by Gasteiger charge is -2.25. The number of amides is 1. The summed E-state index contributed by atoms with van der Waals surface area (Å²) in [5.41, 5.74) is 3.22. The molecule has 0 bridgehead atoms. The number of anilines is 1. The van der Waals surface area contributed by atoms with Crippen LogP contribution < -0.4 is 10.2 Å². The minimum absolute atomic E-state index is 0.0715. The molecule has 0 spiro atoms. The average Bonchev–Trinajstić information content (AvgIpc) is 2.53. The predicted octanol–water partition coefficient (Wildman–Crippen LogP) is 3.89. The summed E-state index contributed by atoms with van der Waals surface area (Å²) in [6.45, 7) is 0.503. The number of rotatable bonds is 4. The van der Waals surface area contributed by atoms with Crippen molar-refractivity contribution >= 4 is 40.8 Å². The summed E-state index contributed by atoms with van der Waals surface area (Å²) in [6, 6.07) is 3.08. The molecule has 2 N–H and O–H groups in total. The maximum absolute atomic E-state index is 11.2. The molecular formula is C15H15Cl2N3O3. The first-order valence-corrected chi connectivity index (χ1v) is 7.67. The van der Waals surface area contributed by atoms with Crippen LogP contribution in [0.5, 0.6) is 5.75 Å². The molecule has 1 aliphatic rings. The average molecular weight is 356 g/mol. The molecule has 0 saturated carbocycles. The first-order chi connectivity index (χ1) is 11.0. The van der Waals surface area contributed by atoms with Gasteiger partial charge < -0.3 is 9.84 Å². The van der Waals surface area contributed by atoms with Crippen molar-refractivity contribution in [3.05, 3.63) is 22.2 Å². The lowest BCUT2D eigenvalue weighted by atomic mass is 10.1. The zero-order valence-corrected chi connectivity index (χ0v) is 13.7. The molecule has 122 valence electrons. The van der Waals surface area contributed by atoms with E-state index in [1.165, 1.54) is 11.0 Å². The minimum Gasteiger partial charge on any atom is -0.479 e. The SMILES string of the molecule is C#CCOc1cc(N/N=C2/CCCCN2C(=O)O)c(Cl)cc1Cl. The van der Waals surface area contributed by atoms with Gasteiger partial charge in [-0.1, -0.05) is 29.1 Å². The van der Waals surface area contributed by atoms with Crippen LogP contribution in [0.3, 0.4) is 0 Å². The molecule has 8 heteroatoms. The first kappa shape index (κ1) is 17.3. The van der Waals surface area contributed by atoms with Crippen LogP contribution in [0, 0.1) is 12.3 Å². The third-order valence-corrected chi connectivity index (χ3v) is 3.82. The number of carboxylic acid groups (broad SMARTS) is 1. The number of benzene rings is 1.